The van der Waals surface area contributed by atoms with Gasteiger partial charge in [-0.05, 0) is 52.0 Å². The van der Waals surface area contributed by atoms with Gasteiger partial charge in [-0.15, -0.1) is 0 Å². The Balaban J connectivity index is 2.00. The van der Waals surface area contributed by atoms with Crippen LogP contribution >= 0.6 is 0 Å². The molecule has 2 N–H and O–H groups in total. The van der Waals surface area contributed by atoms with E-state index in [9.17, 15) is 4.79 Å². The van der Waals surface area contributed by atoms with Crippen LogP contribution in [0.2, 0.25) is 0 Å². The zero-order valence-electron chi connectivity index (χ0n) is 13.2. The van der Waals surface area contributed by atoms with Gasteiger partial charge in [0, 0.05) is 6.20 Å². The number of nitrogens with one attached hydrogen (secondary N) is 2. The number of hydrogen-bond acceptors (Lipinski definition) is 4. The van der Waals surface area contributed by atoms with Gasteiger partial charge in [-0.3, -0.25) is 0 Å². The molecule has 0 radical (unpaired) electrons. The van der Waals surface area contributed by atoms with Crippen molar-refractivity contribution in [2.75, 3.05) is 5.32 Å². The maximum atomic E-state index is 12.1. The largest absolute Gasteiger partial charge is 0.473 e. The van der Waals surface area contributed by atoms with Crippen LogP contribution in [0, 0.1) is 6.92 Å². The average molecular weight is 303 g/mol. The lowest BCUT2D eigenvalue weighted by Gasteiger charge is -2.15. The fourth-order valence-electron chi connectivity index (χ4n) is 1.92. The molecule has 0 aliphatic rings. The molecule has 2 aromatic heterocycles. The van der Waals surface area contributed by atoms with E-state index >= 15 is 0 Å². The van der Waals surface area contributed by atoms with Crippen molar-refractivity contribution >= 4 is 11.7 Å². The Labute approximate surface area is 129 Å². The van der Waals surface area contributed by atoms with Gasteiger partial charge in [-0.2, -0.15) is 0 Å². The van der Waals surface area contributed by atoms with E-state index in [1.165, 1.54) is 0 Å². The molecule has 2 heterocycles. The Morgan fingerprint density at radius 2 is 2.05 bits per heavy atom. The molecule has 2 rings (SSSR count). The van der Waals surface area contributed by atoms with Crippen LogP contribution in [-0.4, -0.2) is 17.1 Å². The summed E-state index contributed by atoms with van der Waals surface area (Å²) in [6, 6.07) is 6.61. The number of aryl methyl sites for hydroxylation is 1. The van der Waals surface area contributed by atoms with Crippen molar-refractivity contribution in [1.82, 2.24) is 10.3 Å². The molecule has 0 aliphatic heterocycles. The van der Waals surface area contributed by atoms with Crippen LogP contribution in [0.3, 0.4) is 0 Å². The van der Waals surface area contributed by atoms with E-state index in [0.29, 0.717) is 17.3 Å². The lowest BCUT2D eigenvalue weighted by Crippen LogP contribution is -2.31. The van der Waals surface area contributed by atoms with Crippen LogP contribution in [0.5, 0.6) is 5.88 Å². The number of aromatic nitrogens is 1. The number of rotatable bonds is 5. The Bertz CT molecular complexity index is 637. The summed E-state index contributed by atoms with van der Waals surface area (Å²) in [6.45, 7) is 7.52. The number of anilines is 1. The van der Waals surface area contributed by atoms with Crippen LogP contribution in [0.15, 0.2) is 34.9 Å². The monoisotopic (exact) mass is 303 g/mol. The van der Waals surface area contributed by atoms with E-state index in [4.69, 9.17) is 9.15 Å². The van der Waals surface area contributed by atoms with E-state index in [1.54, 1.807) is 18.3 Å². The van der Waals surface area contributed by atoms with Gasteiger partial charge in [0.25, 0.3) is 0 Å². The van der Waals surface area contributed by atoms with Crippen molar-refractivity contribution in [2.24, 2.45) is 0 Å². The normalized spacial score (nSPS) is 12.0. The summed E-state index contributed by atoms with van der Waals surface area (Å²) in [6.07, 6.45) is 1.60. The molecule has 2 amide bonds. The highest BCUT2D eigenvalue weighted by molar-refractivity contribution is 5.90. The lowest BCUT2D eigenvalue weighted by atomic mass is 10.2. The molecule has 0 saturated heterocycles. The molecule has 2 aromatic rings. The molecule has 1 unspecified atom stereocenters. The summed E-state index contributed by atoms with van der Waals surface area (Å²) in [5, 5.41) is 5.56. The minimum Gasteiger partial charge on any atom is -0.473 e. The molecular formula is C16H21N3O3. The molecule has 0 saturated carbocycles. The second kappa shape index (κ2) is 6.98. The van der Waals surface area contributed by atoms with E-state index in [-0.39, 0.29) is 18.2 Å². The molecule has 118 valence electrons. The Morgan fingerprint density at radius 3 is 2.68 bits per heavy atom. The third-order valence-electron chi connectivity index (χ3n) is 2.90. The molecule has 6 heteroatoms. The molecule has 22 heavy (non-hydrogen) atoms. The number of carbonyl (C=O) groups is 1. The average Bonchev–Trinajstić information content (AvgIpc) is 2.87. The fourth-order valence-corrected chi connectivity index (χ4v) is 1.92. The van der Waals surface area contributed by atoms with Gasteiger partial charge in [0.05, 0.1) is 12.1 Å². The van der Waals surface area contributed by atoms with Crippen LogP contribution in [0.4, 0.5) is 10.5 Å². The molecule has 0 aliphatic carbocycles. The van der Waals surface area contributed by atoms with Crippen molar-refractivity contribution < 1.29 is 13.9 Å². The SMILES string of the molecule is Cc1ccc(C(C)NC(=O)Nc2cccnc2OC(C)C)o1. The first-order valence-electron chi connectivity index (χ1n) is 7.21. The van der Waals surface area contributed by atoms with Gasteiger partial charge >= 0.3 is 6.03 Å². The van der Waals surface area contributed by atoms with Crippen LogP contribution in [0.1, 0.15) is 38.3 Å². The first-order chi connectivity index (χ1) is 10.5. The Morgan fingerprint density at radius 1 is 1.27 bits per heavy atom. The maximum Gasteiger partial charge on any atom is 0.319 e. The first-order valence-corrected chi connectivity index (χ1v) is 7.21. The van der Waals surface area contributed by atoms with Gasteiger partial charge in [0.2, 0.25) is 5.88 Å². The van der Waals surface area contributed by atoms with Crippen molar-refractivity contribution in [2.45, 2.75) is 39.8 Å². The Kier molecular flexibility index (Phi) is 5.04. The van der Waals surface area contributed by atoms with Crippen molar-refractivity contribution in [3.05, 3.63) is 42.0 Å². The molecular weight excluding hydrogens is 282 g/mol. The van der Waals surface area contributed by atoms with Gasteiger partial charge in [0.1, 0.15) is 17.2 Å². The predicted molar refractivity (Wildman–Crippen MR) is 84.0 cm³/mol. The molecule has 0 aromatic carbocycles. The van der Waals surface area contributed by atoms with Gasteiger partial charge in [-0.1, -0.05) is 0 Å². The van der Waals surface area contributed by atoms with Crippen molar-refractivity contribution in [3.8, 4) is 5.88 Å². The van der Waals surface area contributed by atoms with Crippen LogP contribution in [0.25, 0.3) is 0 Å². The highest BCUT2D eigenvalue weighted by Gasteiger charge is 2.15. The Hall–Kier alpha value is -2.50. The lowest BCUT2D eigenvalue weighted by molar-refractivity contribution is 0.232. The summed E-state index contributed by atoms with van der Waals surface area (Å²) in [4.78, 5) is 16.2. The number of amides is 2. The van der Waals surface area contributed by atoms with E-state index in [1.807, 2.05) is 39.8 Å². The predicted octanol–water partition coefficient (Wildman–Crippen LogP) is 3.65. The molecule has 0 spiro atoms. The number of ether oxygens (including phenoxy) is 1. The number of urea groups is 1. The third kappa shape index (κ3) is 4.25. The minimum absolute atomic E-state index is 0.0245. The number of hydrogen-bond donors (Lipinski definition) is 2. The van der Waals surface area contributed by atoms with Gasteiger partial charge in [-0.25, -0.2) is 9.78 Å². The highest BCUT2D eigenvalue weighted by Crippen LogP contribution is 2.22. The van der Waals surface area contributed by atoms with Crippen molar-refractivity contribution in [1.29, 1.82) is 0 Å². The summed E-state index contributed by atoms with van der Waals surface area (Å²) in [5.41, 5.74) is 0.525. The van der Waals surface area contributed by atoms with E-state index in [0.717, 1.165) is 5.76 Å². The maximum absolute atomic E-state index is 12.1. The van der Waals surface area contributed by atoms with E-state index in [2.05, 4.69) is 15.6 Å². The third-order valence-corrected chi connectivity index (χ3v) is 2.90. The number of pyridine rings is 1. The highest BCUT2D eigenvalue weighted by atomic mass is 16.5. The van der Waals surface area contributed by atoms with Gasteiger partial charge < -0.3 is 19.8 Å². The number of furan rings is 1. The van der Waals surface area contributed by atoms with Crippen molar-refractivity contribution in [3.63, 3.8) is 0 Å². The summed E-state index contributed by atoms with van der Waals surface area (Å²) in [5.74, 6) is 1.91. The second-order valence-corrected chi connectivity index (χ2v) is 5.29. The molecule has 1 atom stereocenters. The standard InChI is InChI=1S/C16H21N3O3/c1-10(2)21-15-13(6-5-9-17-15)19-16(20)18-12(4)14-8-7-11(3)22-14/h5-10,12H,1-4H3,(H2,18,19,20). The topological polar surface area (TPSA) is 76.4 Å². The quantitative estimate of drug-likeness (QED) is 0.884. The van der Waals surface area contributed by atoms with Crippen LogP contribution in [-0.2, 0) is 0 Å². The zero-order chi connectivity index (χ0) is 16.1. The second-order valence-electron chi connectivity index (χ2n) is 5.29. The minimum atomic E-state index is -0.344. The molecule has 0 bridgehead atoms. The smallest absolute Gasteiger partial charge is 0.319 e. The number of nitrogens with zero attached hydrogens (tertiary/aromatic N) is 1. The van der Waals surface area contributed by atoms with E-state index < -0.39 is 0 Å². The molecule has 0 fully saturated rings. The summed E-state index contributed by atoms with van der Waals surface area (Å²) in [7, 11) is 0. The summed E-state index contributed by atoms with van der Waals surface area (Å²) < 4.78 is 11.1. The molecule has 6 nitrogen and oxygen atoms in total. The fraction of sp³-hybridized carbons (Fsp3) is 0.375. The van der Waals surface area contributed by atoms with Gasteiger partial charge in [0.15, 0.2) is 0 Å². The summed E-state index contributed by atoms with van der Waals surface area (Å²) >= 11 is 0. The van der Waals surface area contributed by atoms with Crippen LogP contribution < -0.4 is 15.4 Å². The number of carbonyl (C=O) groups excluding carboxylic acids is 1. The first kappa shape index (κ1) is 15.9. The zero-order valence-corrected chi connectivity index (χ0v) is 13.2.